The van der Waals surface area contributed by atoms with Gasteiger partial charge in [0.05, 0.1) is 23.5 Å². The lowest BCUT2D eigenvalue weighted by Gasteiger charge is -2.32. The SMILES string of the molecule is CC(C)CC(NC(c1ccc(-c2ccc(S(C)(=O)=O)cc2)cc1)C(F)(F)F)C(=O)N1C[C@H](F)[C@H]2OCC[C@H]21. The number of carbonyl (C=O) groups is 1. The van der Waals surface area contributed by atoms with Crippen LogP contribution in [-0.4, -0.2) is 69.2 Å². The fourth-order valence-electron chi connectivity index (χ4n) is 5.21. The van der Waals surface area contributed by atoms with Gasteiger partial charge < -0.3 is 9.64 Å². The fraction of sp³-hybridized carbons (Fsp3) is 0.519. The third-order valence-corrected chi connectivity index (χ3v) is 8.20. The number of amides is 1. The van der Waals surface area contributed by atoms with E-state index in [1.165, 1.54) is 41.3 Å². The van der Waals surface area contributed by atoms with Crippen molar-refractivity contribution in [2.75, 3.05) is 19.4 Å². The molecule has 0 aliphatic carbocycles. The van der Waals surface area contributed by atoms with Gasteiger partial charge in [0.1, 0.15) is 18.3 Å². The van der Waals surface area contributed by atoms with Crippen molar-refractivity contribution in [2.24, 2.45) is 5.92 Å². The van der Waals surface area contributed by atoms with Crippen LogP contribution in [0.1, 0.15) is 38.3 Å². The van der Waals surface area contributed by atoms with E-state index in [1.807, 2.05) is 13.8 Å². The predicted octanol–water partition coefficient (Wildman–Crippen LogP) is 4.70. The summed E-state index contributed by atoms with van der Waals surface area (Å²) in [5.74, 6) is -0.627. The van der Waals surface area contributed by atoms with E-state index in [0.29, 0.717) is 24.2 Å². The van der Waals surface area contributed by atoms with Crippen LogP contribution < -0.4 is 5.32 Å². The Morgan fingerprint density at radius 1 is 1.08 bits per heavy atom. The number of fused-ring (bicyclic) bond motifs is 1. The molecule has 2 fully saturated rings. The fourth-order valence-corrected chi connectivity index (χ4v) is 5.85. The first kappa shape index (κ1) is 28.5. The molecule has 2 unspecified atom stereocenters. The highest BCUT2D eigenvalue weighted by Crippen LogP contribution is 2.36. The molecule has 1 amide bonds. The van der Waals surface area contributed by atoms with E-state index in [2.05, 4.69) is 5.32 Å². The molecule has 6 nitrogen and oxygen atoms in total. The minimum atomic E-state index is -4.69. The number of likely N-dealkylation sites (tertiary alicyclic amines) is 1. The van der Waals surface area contributed by atoms with Gasteiger partial charge in [0.25, 0.3) is 0 Å². The van der Waals surface area contributed by atoms with E-state index in [9.17, 15) is 30.8 Å². The Balaban J connectivity index is 1.57. The first-order valence-electron chi connectivity index (χ1n) is 12.5. The van der Waals surface area contributed by atoms with Crippen LogP contribution in [0.15, 0.2) is 53.4 Å². The average molecular weight is 557 g/mol. The maximum Gasteiger partial charge on any atom is 0.407 e. The van der Waals surface area contributed by atoms with Crippen molar-refractivity contribution in [1.82, 2.24) is 10.2 Å². The molecule has 0 spiro atoms. The number of sulfone groups is 1. The molecule has 0 bridgehead atoms. The summed E-state index contributed by atoms with van der Waals surface area (Å²) in [5.41, 5.74) is 1.20. The number of nitrogens with zero attached hydrogens (tertiary/aromatic N) is 1. The lowest BCUT2D eigenvalue weighted by Crippen LogP contribution is -2.52. The first-order chi connectivity index (χ1) is 17.8. The molecule has 0 aromatic heterocycles. The maximum atomic E-state index is 14.4. The predicted molar refractivity (Wildman–Crippen MR) is 135 cm³/mol. The van der Waals surface area contributed by atoms with Crippen LogP contribution in [0, 0.1) is 5.92 Å². The summed E-state index contributed by atoms with van der Waals surface area (Å²) in [4.78, 5) is 14.9. The summed E-state index contributed by atoms with van der Waals surface area (Å²) in [7, 11) is -3.37. The zero-order valence-corrected chi connectivity index (χ0v) is 22.2. The molecule has 2 aliphatic rings. The number of hydrogen-bond donors (Lipinski definition) is 1. The summed E-state index contributed by atoms with van der Waals surface area (Å²) < 4.78 is 86.0. The number of benzene rings is 2. The zero-order valence-electron chi connectivity index (χ0n) is 21.4. The number of nitrogens with one attached hydrogen (secondary N) is 1. The van der Waals surface area contributed by atoms with Crippen molar-refractivity contribution >= 4 is 15.7 Å². The summed E-state index contributed by atoms with van der Waals surface area (Å²) in [5, 5.41) is 2.55. The number of ether oxygens (including phenoxy) is 1. The lowest BCUT2D eigenvalue weighted by molar-refractivity contribution is -0.162. The van der Waals surface area contributed by atoms with E-state index in [1.54, 1.807) is 12.1 Å². The Labute approximate surface area is 220 Å². The van der Waals surface area contributed by atoms with Crippen LogP contribution in [0.3, 0.4) is 0 Å². The minimum Gasteiger partial charge on any atom is -0.373 e. The van der Waals surface area contributed by atoms with E-state index in [-0.39, 0.29) is 29.3 Å². The molecule has 5 atom stereocenters. The average Bonchev–Trinajstić information content (AvgIpc) is 3.44. The van der Waals surface area contributed by atoms with Gasteiger partial charge in [-0.3, -0.25) is 10.1 Å². The van der Waals surface area contributed by atoms with Crippen molar-refractivity contribution in [3.05, 3.63) is 54.1 Å². The second kappa shape index (κ2) is 10.9. The molecule has 2 aromatic carbocycles. The Morgan fingerprint density at radius 2 is 1.66 bits per heavy atom. The molecular weight excluding hydrogens is 524 g/mol. The lowest BCUT2D eigenvalue weighted by atomic mass is 9.97. The maximum absolute atomic E-state index is 14.4. The Kier molecular flexibility index (Phi) is 8.20. The highest BCUT2D eigenvalue weighted by molar-refractivity contribution is 7.90. The summed E-state index contributed by atoms with van der Waals surface area (Å²) >= 11 is 0. The smallest absolute Gasteiger partial charge is 0.373 e. The molecule has 0 saturated carbocycles. The van der Waals surface area contributed by atoms with Gasteiger partial charge in [-0.15, -0.1) is 0 Å². The van der Waals surface area contributed by atoms with E-state index < -0.39 is 52.3 Å². The zero-order chi connectivity index (χ0) is 27.8. The molecule has 208 valence electrons. The molecule has 11 heteroatoms. The minimum absolute atomic E-state index is 0.0672. The van der Waals surface area contributed by atoms with Crippen molar-refractivity contribution in [3.63, 3.8) is 0 Å². The summed E-state index contributed by atoms with van der Waals surface area (Å²) in [6.07, 6.45) is -5.07. The second-order valence-electron chi connectivity index (χ2n) is 10.4. The van der Waals surface area contributed by atoms with Crippen LogP contribution >= 0.6 is 0 Å². The number of hydrogen-bond acceptors (Lipinski definition) is 5. The van der Waals surface area contributed by atoms with E-state index >= 15 is 0 Å². The van der Waals surface area contributed by atoms with Crippen LogP contribution in [0.2, 0.25) is 0 Å². The van der Waals surface area contributed by atoms with Gasteiger partial charge in [-0.2, -0.15) is 13.2 Å². The number of rotatable bonds is 8. The first-order valence-corrected chi connectivity index (χ1v) is 14.4. The third kappa shape index (κ3) is 6.21. The molecule has 4 rings (SSSR count). The molecule has 1 N–H and O–H groups in total. The van der Waals surface area contributed by atoms with Gasteiger partial charge in [-0.1, -0.05) is 50.2 Å². The summed E-state index contributed by atoms with van der Waals surface area (Å²) in [6, 6.07) is 8.08. The van der Waals surface area contributed by atoms with Crippen molar-refractivity contribution in [1.29, 1.82) is 0 Å². The highest BCUT2D eigenvalue weighted by atomic mass is 32.2. The van der Waals surface area contributed by atoms with Crippen LogP contribution in [0.5, 0.6) is 0 Å². The molecule has 2 aliphatic heterocycles. The van der Waals surface area contributed by atoms with Crippen LogP contribution in [0.4, 0.5) is 17.6 Å². The van der Waals surface area contributed by atoms with Crippen LogP contribution in [0.25, 0.3) is 11.1 Å². The highest BCUT2D eigenvalue weighted by Gasteiger charge is 2.50. The van der Waals surface area contributed by atoms with Gasteiger partial charge in [0.15, 0.2) is 9.84 Å². The Hall–Kier alpha value is -2.50. The van der Waals surface area contributed by atoms with E-state index in [4.69, 9.17) is 4.74 Å². The number of alkyl halides is 4. The molecule has 2 heterocycles. The largest absolute Gasteiger partial charge is 0.407 e. The van der Waals surface area contributed by atoms with Gasteiger partial charge in [0.2, 0.25) is 5.91 Å². The van der Waals surface area contributed by atoms with Gasteiger partial charge in [-0.25, -0.2) is 12.8 Å². The molecule has 2 saturated heterocycles. The topological polar surface area (TPSA) is 75.7 Å². The van der Waals surface area contributed by atoms with Gasteiger partial charge in [0, 0.05) is 12.9 Å². The molecule has 38 heavy (non-hydrogen) atoms. The van der Waals surface area contributed by atoms with Gasteiger partial charge >= 0.3 is 6.18 Å². The quantitative estimate of drug-likeness (QED) is 0.477. The van der Waals surface area contributed by atoms with Crippen molar-refractivity contribution in [2.45, 2.75) is 68.2 Å². The van der Waals surface area contributed by atoms with Crippen molar-refractivity contribution in [3.8, 4) is 11.1 Å². The van der Waals surface area contributed by atoms with Gasteiger partial charge in [-0.05, 0) is 47.6 Å². The van der Waals surface area contributed by atoms with Crippen LogP contribution in [-0.2, 0) is 19.4 Å². The second-order valence-corrected chi connectivity index (χ2v) is 12.5. The third-order valence-electron chi connectivity index (χ3n) is 7.07. The molecule has 0 radical (unpaired) electrons. The van der Waals surface area contributed by atoms with E-state index in [0.717, 1.165) is 6.26 Å². The Morgan fingerprint density at radius 3 is 2.18 bits per heavy atom. The Bertz CT molecular complexity index is 1230. The number of halogens is 4. The van der Waals surface area contributed by atoms with Crippen molar-refractivity contribution < 1.29 is 35.5 Å². The summed E-state index contributed by atoms with van der Waals surface area (Å²) in [6.45, 7) is 3.76. The standard InChI is InChI=1S/C27H32F4N2O4S/c1-16(2)14-22(26(34)33-15-21(28)24-23(33)12-13-37-24)32-25(27(29,30)31)19-6-4-17(5-7-19)18-8-10-20(11-9-18)38(3,35)36/h4-11,16,21-25,32H,12-15H2,1-3H3/t21-,22?,23+,24+,25?/m0/s1. The number of carbonyl (C=O) groups excluding carboxylic acids is 1. The molecular formula is C27H32F4N2O4S. The molecule has 2 aromatic rings. The normalized spacial score (nSPS) is 23.5. The monoisotopic (exact) mass is 556 g/mol.